The highest BCUT2D eigenvalue weighted by Gasteiger charge is 2.23. The minimum absolute atomic E-state index is 0.0429. The lowest BCUT2D eigenvalue weighted by Crippen LogP contribution is -2.33. The molecule has 0 saturated carbocycles. The molecule has 0 heterocycles. The Balaban J connectivity index is 2.94. The third kappa shape index (κ3) is 5.47. The zero-order valence-corrected chi connectivity index (χ0v) is 15.1. The quantitative estimate of drug-likeness (QED) is 0.672. The van der Waals surface area contributed by atoms with Crippen molar-refractivity contribution in [1.29, 1.82) is 0 Å². The number of rotatable bonds is 8. The first-order valence-corrected chi connectivity index (χ1v) is 9.05. The molecule has 24 heavy (non-hydrogen) atoms. The molecule has 1 aromatic carbocycles. The number of nitrogens with one attached hydrogen (secondary N) is 1. The molecule has 0 aliphatic heterocycles. The van der Waals surface area contributed by atoms with Crippen LogP contribution in [0.15, 0.2) is 23.1 Å². The molecule has 1 aromatic rings. The predicted molar refractivity (Wildman–Crippen MR) is 88.6 cm³/mol. The maximum atomic E-state index is 12.3. The van der Waals surface area contributed by atoms with Crippen LogP contribution in [0.1, 0.15) is 30.6 Å². The van der Waals surface area contributed by atoms with E-state index in [0.29, 0.717) is 6.42 Å². The summed E-state index contributed by atoms with van der Waals surface area (Å²) >= 11 is 5.90. The van der Waals surface area contributed by atoms with E-state index in [2.05, 4.69) is 9.46 Å². The Morgan fingerprint density at radius 2 is 1.96 bits per heavy atom. The molecule has 1 atom stereocenters. The van der Waals surface area contributed by atoms with E-state index in [1.54, 1.807) is 0 Å². The second kappa shape index (κ2) is 8.46. The number of methoxy groups -OCH3 is 1. The number of carboxylic acids is 1. The van der Waals surface area contributed by atoms with E-state index in [1.807, 2.05) is 13.8 Å². The van der Waals surface area contributed by atoms with Gasteiger partial charge >= 0.3 is 11.9 Å². The first kappa shape index (κ1) is 20.4. The molecule has 0 radical (unpaired) electrons. The van der Waals surface area contributed by atoms with Crippen molar-refractivity contribution in [2.45, 2.75) is 25.2 Å². The predicted octanol–water partition coefficient (Wildman–Crippen LogP) is 2.15. The number of carboxylic acid groups (broad SMARTS) is 1. The minimum Gasteiger partial charge on any atom is -0.481 e. The number of carbonyl (C=O) groups is 2. The van der Waals surface area contributed by atoms with Gasteiger partial charge < -0.3 is 9.84 Å². The summed E-state index contributed by atoms with van der Waals surface area (Å²) < 4.78 is 31.3. The van der Waals surface area contributed by atoms with Crippen molar-refractivity contribution in [3.63, 3.8) is 0 Å². The number of sulfonamides is 1. The lowest BCUT2D eigenvalue weighted by atomic mass is 9.98. The van der Waals surface area contributed by atoms with E-state index in [0.717, 1.165) is 6.07 Å². The Bertz CT molecular complexity index is 717. The number of aliphatic carboxylic acids is 1. The van der Waals surface area contributed by atoms with Crippen molar-refractivity contribution < 1.29 is 27.9 Å². The Morgan fingerprint density at radius 1 is 1.33 bits per heavy atom. The number of benzene rings is 1. The molecule has 1 rings (SSSR count). The summed E-state index contributed by atoms with van der Waals surface area (Å²) in [7, 11) is -2.76. The number of halogens is 1. The van der Waals surface area contributed by atoms with Crippen molar-refractivity contribution in [3.8, 4) is 0 Å². The van der Waals surface area contributed by atoms with Crippen molar-refractivity contribution in [3.05, 3.63) is 28.8 Å². The summed E-state index contributed by atoms with van der Waals surface area (Å²) in [5, 5.41) is 9.08. The van der Waals surface area contributed by atoms with Crippen LogP contribution in [0.2, 0.25) is 5.02 Å². The van der Waals surface area contributed by atoms with Crippen LogP contribution in [0.3, 0.4) is 0 Å². The van der Waals surface area contributed by atoms with Crippen LogP contribution in [0.4, 0.5) is 0 Å². The topological polar surface area (TPSA) is 110 Å². The van der Waals surface area contributed by atoms with E-state index in [1.165, 1.54) is 19.2 Å². The highest BCUT2D eigenvalue weighted by molar-refractivity contribution is 7.89. The minimum atomic E-state index is -3.95. The van der Waals surface area contributed by atoms with E-state index in [-0.39, 0.29) is 27.9 Å². The lowest BCUT2D eigenvalue weighted by Gasteiger charge is -2.15. The zero-order chi connectivity index (χ0) is 18.5. The molecule has 0 spiro atoms. The molecule has 1 unspecified atom stereocenters. The second-order valence-corrected chi connectivity index (χ2v) is 7.82. The van der Waals surface area contributed by atoms with Gasteiger partial charge in [0, 0.05) is 6.54 Å². The highest BCUT2D eigenvalue weighted by Crippen LogP contribution is 2.22. The summed E-state index contributed by atoms with van der Waals surface area (Å²) in [6.07, 6.45) is 0.347. The third-order valence-corrected chi connectivity index (χ3v) is 5.02. The Kier molecular flexibility index (Phi) is 7.19. The SMILES string of the molecule is COC(=O)c1ccc(S(=O)(=O)NCC(CC(C)C)C(=O)O)cc1Cl. The number of esters is 1. The van der Waals surface area contributed by atoms with E-state index >= 15 is 0 Å². The monoisotopic (exact) mass is 377 g/mol. The van der Waals surface area contributed by atoms with Crippen LogP contribution in [0.25, 0.3) is 0 Å². The fourth-order valence-corrected chi connectivity index (χ4v) is 3.50. The van der Waals surface area contributed by atoms with Crippen molar-refractivity contribution >= 4 is 33.6 Å². The molecular formula is C15H20ClNO6S. The summed E-state index contributed by atoms with van der Waals surface area (Å²) in [5.74, 6) is -2.46. The zero-order valence-electron chi connectivity index (χ0n) is 13.6. The molecule has 0 aliphatic carbocycles. The van der Waals surface area contributed by atoms with Gasteiger partial charge in [-0.2, -0.15) is 0 Å². The standard InChI is InChI=1S/C15H20ClNO6S/c1-9(2)6-10(14(18)19)8-17-24(21,22)11-4-5-12(13(16)7-11)15(20)23-3/h4-5,7,9-10,17H,6,8H2,1-3H3,(H,18,19). The van der Waals surface area contributed by atoms with Crippen LogP contribution >= 0.6 is 11.6 Å². The number of hydrogen-bond acceptors (Lipinski definition) is 5. The number of ether oxygens (including phenoxy) is 1. The van der Waals surface area contributed by atoms with Gasteiger partial charge in [-0.1, -0.05) is 25.4 Å². The summed E-state index contributed by atoms with van der Waals surface area (Å²) in [4.78, 5) is 22.5. The van der Waals surface area contributed by atoms with Gasteiger partial charge in [-0.15, -0.1) is 0 Å². The normalized spacial score (nSPS) is 12.9. The smallest absolute Gasteiger partial charge is 0.339 e. The van der Waals surface area contributed by atoms with Crippen molar-refractivity contribution in [2.75, 3.05) is 13.7 Å². The molecule has 0 amide bonds. The first-order valence-electron chi connectivity index (χ1n) is 7.18. The third-order valence-electron chi connectivity index (χ3n) is 3.28. The molecule has 7 nitrogen and oxygen atoms in total. The largest absolute Gasteiger partial charge is 0.481 e. The molecule has 0 aliphatic rings. The lowest BCUT2D eigenvalue weighted by molar-refractivity contribution is -0.142. The van der Waals surface area contributed by atoms with Gasteiger partial charge in [0.1, 0.15) is 0 Å². The Hall–Kier alpha value is -1.64. The van der Waals surface area contributed by atoms with Crippen LogP contribution in [0, 0.1) is 11.8 Å². The molecule has 2 N–H and O–H groups in total. The average Bonchev–Trinajstić information content (AvgIpc) is 2.50. The van der Waals surface area contributed by atoms with Crippen LogP contribution in [0.5, 0.6) is 0 Å². The molecule has 0 saturated heterocycles. The molecule has 0 aromatic heterocycles. The van der Waals surface area contributed by atoms with E-state index < -0.39 is 27.9 Å². The van der Waals surface area contributed by atoms with E-state index in [9.17, 15) is 18.0 Å². The average molecular weight is 378 g/mol. The molecule has 0 bridgehead atoms. The van der Waals surface area contributed by atoms with Crippen molar-refractivity contribution in [1.82, 2.24) is 4.72 Å². The highest BCUT2D eigenvalue weighted by atomic mass is 35.5. The maximum absolute atomic E-state index is 12.3. The van der Waals surface area contributed by atoms with Gasteiger partial charge in [-0.05, 0) is 30.5 Å². The number of hydrogen-bond donors (Lipinski definition) is 2. The Morgan fingerprint density at radius 3 is 2.42 bits per heavy atom. The van der Waals surface area contributed by atoms with Crippen molar-refractivity contribution in [2.24, 2.45) is 11.8 Å². The van der Waals surface area contributed by atoms with Gasteiger partial charge in [0.05, 0.1) is 28.5 Å². The van der Waals surface area contributed by atoms with Gasteiger partial charge in [0.15, 0.2) is 0 Å². The van der Waals surface area contributed by atoms with Crippen LogP contribution in [-0.4, -0.2) is 39.1 Å². The van der Waals surface area contributed by atoms with Crippen LogP contribution in [-0.2, 0) is 19.6 Å². The summed E-state index contributed by atoms with van der Waals surface area (Å²) in [5.41, 5.74) is 0.0429. The number of carbonyl (C=O) groups excluding carboxylic acids is 1. The van der Waals surface area contributed by atoms with Gasteiger partial charge in [-0.3, -0.25) is 4.79 Å². The molecule has 134 valence electrons. The first-order chi connectivity index (χ1) is 11.1. The van der Waals surface area contributed by atoms with Gasteiger partial charge in [0.25, 0.3) is 0 Å². The summed E-state index contributed by atoms with van der Waals surface area (Å²) in [6, 6.07) is 3.57. The van der Waals surface area contributed by atoms with Crippen LogP contribution < -0.4 is 4.72 Å². The second-order valence-electron chi connectivity index (χ2n) is 5.65. The summed E-state index contributed by atoms with van der Waals surface area (Å²) in [6.45, 7) is 3.48. The maximum Gasteiger partial charge on any atom is 0.339 e. The van der Waals surface area contributed by atoms with Gasteiger partial charge in [-0.25, -0.2) is 17.9 Å². The molecule has 0 fully saturated rings. The fraction of sp³-hybridized carbons (Fsp3) is 0.467. The molecule has 9 heteroatoms. The Labute approximate surface area is 146 Å². The van der Waals surface area contributed by atoms with Gasteiger partial charge in [0.2, 0.25) is 10.0 Å². The fourth-order valence-electron chi connectivity index (χ4n) is 2.07. The molecular weight excluding hydrogens is 358 g/mol. The van der Waals surface area contributed by atoms with E-state index in [4.69, 9.17) is 16.7 Å².